The minimum atomic E-state index is -0.403. The topological polar surface area (TPSA) is 32.8 Å². The molecular formula is C14H19ClN2O2. The van der Waals surface area contributed by atoms with Crippen molar-refractivity contribution in [3.05, 3.63) is 29.8 Å². The fourth-order valence-corrected chi connectivity index (χ4v) is 2.37. The van der Waals surface area contributed by atoms with Gasteiger partial charge in [-0.15, -0.1) is 0 Å². The van der Waals surface area contributed by atoms with Crippen molar-refractivity contribution in [1.82, 2.24) is 4.90 Å². The number of ether oxygens (including phenoxy) is 1. The van der Waals surface area contributed by atoms with E-state index >= 15 is 0 Å². The monoisotopic (exact) mass is 282 g/mol. The summed E-state index contributed by atoms with van der Waals surface area (Å²) in [4.78, 5) is 15.1. The molecule has 1 heterocycles. The highest BCUT2D eigenvalue weighted by molar-refractivity contribution is 6.62. The van der Waals surface area contributed by atoms with Gasteiger partial charge >= 0.3 is 5.37 Å². The van der Waals surface area contributed by atoms with E-state index in [1.54, 1.807) is 4.90 Å². The van der Waals surface area contributed by atoms with Crippen LogP contribution in [0, 0.1) is 0 Å². The van der Waals surface area contributed by atoms with Gasteiger partial charge in [-0.1, -0.05) is 12.1 Å². The Hall–Kier alpha value is -1.26. The quantitative estimate of drug-likeness (QED) is 0.629. The number of rotatable bonds is 4. The summed E-state index contributed by atoms with van der Waals surface area (Å²) in [5, 5.41) is -0.403. The summed E-state index contributed by atoms with van der Waals surface area (Å²) < 4.78 is 5.35. The number of hydrogen-bond acceptors (Lipinski definition) is 3. The molecule has 2 rings (SSSR count). The summed E-state index contributed by atoms with van der Waals surface area (Å²) in [6, 6.07) is 8.25. The first-order valence-corrected chi connectivity index (χ1v) is 6.94. The molecule has 0 N–H and O–H groups in total. The normalized spacial score (nSPS) is 15.4. The lowest BCUT2D eigenvalue weighted by molar-refractivity contribution is 0.122. The third-order valence-electron chi connectivity index (χ3n) is 3.29. The zero-order valence-electron chi connectivity index (χ0n) is 11.1. The Balaban J connectivity index is 2.07. The highest BCUT2D eigenvalue weighted by Gasteiger charge is 2.13. The van der Waals surface area contributed by atoms with Crippen molar-refractivity contribution in [2.24, 2.45) is 0 Å². The maximum atomic E-state index is 11.2. The number of amides is 1. The molecule has 0 atom stereocenters. The predicted molar refractivity (Wildman–Crippen MR) is 76.8 cm³/mol. The van der Waals surface area contributed by atoms with Crippen molar-refractivity contribution < 1.29 is 9.53 Å². The fourth-order valence-electron chi connectivity index (χ4n) is 2.19. The molecule has 1 aromatic rings. The van der Waals surface area contributed by atoms with E-state index in [1.165, 1.54) is 5.69 Å². The number of carbonyl (C=O) groups excluding carboxylic acids is 1. The van der Waals surface area contributed by atoms with Gasteiger partial charge in [-0.05, 0) is 36.2 Å². The van der Waals surface area contributed by atoms with Gasteiger partial charge in [0, 0.05) is 31.9 Å². The van der Waals surface area contributed by atoms with Crippen LogP contribution in [0.4, 0.5) is 10.5 Å². The van der Waals surface area contributed by atoms with Crippen LogP contribution < -0.4 is 4.90 Å². The van der Waals surface area contributed by atoms with Crippen molar-refractivity contribution >= 4 is 22.7 Å². The molecule has 0 saturated carbocycles. The molecule has 0 aliphatic carbocycles. The molecule has 19 heavy (non-hydrogen) atoms. The van der Waals surface area contributed by atoms with Crippen LogP contribution in [0.5, 0.6) is 0 Å². The lowest BCUT2D eigenvalue weighted by Gasteiger charge is -2.29. The molecule has 1 aliphatic heterocycles. The number of anilines is 1. The SMILES string of the molecule is CCN(Cc1cccc(N2CCOCC2)c1)C(=O)Cl. The molecule has 1 aliphatic rings. The highest BCUT2D eigenvalue weighted by atomic mass is 35.5. The van der Waals surface area contributed by atoms with Crippen LogP contribution in [0.2, 0.25) is 0 Å². The second-order valence-corrected chi connectivity index (χ2v) is 4.86. The number of morpholine rings is 1. The fraction of sp³-hybridized carbons (Fsp3) is 0.500. The lowest BCUT2D eigenvalue weighted by Crippen LogP contribution is -2.36. The number of carbonyl (C=O) groups is 1. The smallest absolute Gasteiger partial charge is 0.316 e. The molecule has 104 valence electrons. The first-order chi connectivity index (χ1) is 9.20. The van der Waals surface area contributed by atoms with Crippen molar-refractivity contribution in [1.29, 1.82) is 0 Å². The third-order valence-corrected chi connectivity index (χ3v) is 3.53. The van der Waals surface area contributed by atoms with Crippen LogP contribution in [0.15, 0.2) is 24.3 Å². The van der Waals surface area contributed by atoms with E-state index in [-0.39, 0.29) is 0 Å². The summed E-state index contributed by atoms with van der Waals surface area (Å²) >= 11 is 5.54. The number of benzene rings is 1. The van der Waals surface area contributed by atoms with E-state index in [1.807, 2.05) is 19.1 Å². The van der Waals surface area contributed by atoms with Crippen LogP contribution in [0.25, 0.3) is 0 Å². The van der Waals surface area contributed by atoms with Gasteiger partial charge in [-0.25, -0.2) is 0 Å². The summed E-state index contributed by atoms with van der Waals surface area (Å²) in [7, 11) is 0. The lowest BCUT2D eigenvalue weighted by atomic mass is 10.1. The van der Waals surface area contributed by atoms with Gasteiger partial charge in [-0.2, -0.15) is 0 Å². The molecule has 0 bridgehead atoms. The maximum Gasteiger partial charge on any atom is 0.316 e. The molecule has 4 nitrogen and oxygen atoms in total. The standard InChI is InChI=1S/C14H19ClN2O2/c1-2-16(14(15)18)11-12-4-3-5-13(10-12)17-6-8-19-9-7-17/h3-5,10H,2,6-9,11H2,1H3. The Morgan fingerprint density at radius 1 is 1.42 bits per heavy atom. The summed E-state index contributed by atoms with van der Waals surface area (Å²) in [6.07, 6.45) is 0. The number of hydrogen-bond donors (Lipinski definition) is 0. The van der Waals surface area contributed by atoms with Gasteiger partial charge in [0.25, 0.3) is 0 Å². The molecule has 5 heteroatoms. The molecule has 1 amide bonds. The van der Waals surface area contributed by atoms with Gasteiger partial charge in [-0.3, -0.25) is 4.79 Å². The molecular weight excluding hydrogens is 264 g/mol. The van der Waals surface area contributed by atoms with Crippen LogP contribution in [0.1, 0.15) is 12.5 Å². The Labute approximate surface area is 118 Å². The Morgan fingerprint density at radius 2 is 2.16 bits per heavy atom. The van der Waals surface area contributed by atoms with E-state index in [9.17, 15) is 4.79 Å². The molecule has 0 spiro atoms. The largest absolute Gasteiger partial charge is 0.378 e. The van der Waals surface area contributed by atoms with Crippen molar-refractivity contribution in [3.63, 3.8) is 0 Å². The van der Waals surface area contributed by atoms with Crippen molar-refractivity contribution in [2.45, 2.75) is 13.5 Å². The number of nitrogens with zero attached hydrogens (tertiary/aromatic N) is 2. The van der Waals surface area contributed by atoms with Crippen molar-refractivity contribution in [2.75, 3.05) is 37.7 Å². The van der Waals surface area contributed by atoms with E-state index < -0.39 is 5.37 Å². The van der Waals surface area contributed by atoms with Crippen LogP contribution in [-0.2, 0) is 11.3 Å². The molecule has 0 aromatic heterocycles. The summed E-state index contributed by atoms with van der Waals surface area (Å²) in [6.45, 7) is 6.45. The predicted octanol–water partition coefficient (Wildman–Crippen LogP) is 2.70. The highest BCUT2D eigenvalue weighted by Crippen LogP contribution is 2.19. The molecule has 0 unspecified atom stereocenters. The zero-order valence-corrected chi connectivity index (χ0v) is 11.9. The Morgan fingerprint density at radius 3 is 2.79 bits per heavy atom. The first kappa shape index (κ1) is 14.2. The zero-order chi connectivity index (χ0) is 13.7. The maximum absolute atomic E-state index is 11.2. The average Bonchev–Trinajstić information content (AvgIpc) is 2.45. The van der Waals surface area contributed by atoms with Crippen LogP contribution in [0.3, 0.4) is 0 Å². The molecule has 0 radical (unpaired) electrons. The number of halogens is 1. The molecule has 1 aromatic carbocycles. The van der Waals surface area contributed by atoms with Crippen LogP contribution >= 0.6 is 11.6 Å². The van der Waals surface area contributed by atoms with Gasteiger partial charge in [0.1, 0.15) is 0 Å². The second-order valence-electron chi connectivity index (χ2n) is 4.54. The Kier molecular flexibility index (Phi) is 5.05. The minimum Gasteiger partial charge on any atom is -0.378 e. The van der Waals surface area contributed by atoms with Gasteiger partial charge < -0.3 is 14.5 Å². The van der Waals surface area contributed by atoms with Gasteiger partial charge in [0.05, 0.1) is 13.2 Å². The van der Waals surface area contributed by atoms with Gasteiger partial charge in [0.2, 0.25) is 0 Å². The van der Waals surface area contributed by atoms with E-state index in [2.05, 4.69) is 17.0 Å². The summed E-state index contributed by atoms with van der Waals surface area (Å²) in [5.74, 6) is 0. The van der Waals surface area contributed by atoms with Gasteiger partial charge in [0.15, 0.2) is 0 Å². The average molecular weight is 283 g/mol. The molecule has 1 saturated heterocycles. The molecule has 1 fully saturated rings. The first-order valence-electron chi connectivity index (χ1n) is 6.56. The minimum absolute atomic E-state index is 0.403. The van der Waals surface area contributed by atoms with Crippen molar-refractivity contribution in [3.8, 4) is 0 Å². The third kappa shape index (κ3) is 3.85. The second kappa shape index (κ2) is 6.78. The van der Waals surface area contributed by atoms with E-state index in [0.29, 0.717) is 13.1 Å². The van der Waals surface area contributed by atoms with E-state index in [0.717, 1.165) is 31.9 Å². The Bertz CT molecular complexity index is 433. The van der Waals surface area contributed by atoms with E-state index in [4.69, 9.17) is 16.3 Å². The summed E-state index contributed by atoms with van der Waals surface area (Å²) in [5.41, 5.74) is 2.28. The van der Waals surface area contributed by atoms with Crippen LogP contribution in [-0.4, -0.2) is 43.1 Å².